The number of ether oxygens (including phenoxy) is 1. The van der Waals surface area contributed by atoms with Gasteiger partial charge >= 0.3 is 12.2 Å². The monoisotopic (exact) mass is 762 g/mol. The third-order valence-electron chi connectivity index (χ3n) is 10.6. The molecular formula is C40H46N10O6. The van der Waals surface area contributed by atoms with Gasteiger partial charge in [0, 0.05) is 36.0 Å². The van der Waals surface area contributed by atoms with Gasteiger partial charge in [0.1, 0.15) is 23.7 Å². The highest BCUT2D eigenvalue weighted by molar-refractivity contribution is 5.87. The average molecular weight is 763 g/mol. The Morgan fingerprint density at radius 3 is 2.05 bits per heavy atom. The number of alkyl carbamates (subject to hydrolysis) is 1. The van der Waals surface area contributed by atoms with Crippen LogP contribution in [0.3, 0.4) is 0 Å². The smallest absolute Gasteiger partial charge is 0.407 e. The van der Waals surface area contributed by atoms with Gasteiger partial charge in [0.15, 0.2) is 0 Å². The molecule has 56 heavy (non-hydrogen) atoms. The molecule has 0 aliphatic carbocycles. The summed E-state index contributed by atoms with van der Waals surface area (Å²) in [4.78, 5) is 79.2. The van der Waals surface area contributed by atoms with Crippen molar-refractivity contribution in [1.29, 1.82) is 0 Å². The molecule has 2 aliphatic heterocycles. The molecule has 2 aliphatic rings. The van der Waals surface area contributed by atoms with Gasteiger partial charge in [-0.25, -0.2) is 19.6 Å². The molecule has 2 saturated heterocycles. The zero-order valence-electron chi connectivity index (χ0n) is 31.8. The SMILES string of the molecule is CC[C@H](NC(=O)OC)C(=O)N1CCC[C@H]1c1nc2ccc(-c3cnc(-c4ccc(-c5c[nH]c([C@@H]6CCCN6C(=O)[C@@H](NC(=O)O)C(C)C)n5)cc4)cn3)cc2[nH]1. The number of fused-ring (bicyclic) bond motifs is 1. The molecule has 0 spiro atoms. The van der Waals surface area contributed by atoms with Gasteiger partial charge in [-0.2, -0.15) is 0 Å². The highest BCUT2D eigenvalue weighted by atomic mass is 16.5. The summed E-state index contributed by atoms with van der Waals surface area (Å²) in [6.45, 7) is 6.62. The molecule has 0 unspecified atom stereocenters. The van der Waals surface area contributed by atoms with E-state index < -0.39 is 24.3 Å². The number of hydrogen-bond acceptors (Lipinski definition) is 9. The van der Waals surface area contributed by atoms with Gasteiger partial charge in [0.2, 0.25) is 11.8 Å². The number of aromatic amines is 2. The third kappa shape index (κ3) is 7.76. The number of aromatic nitrogens is 6. The highest BCUT2D eigenvalue weighted by Gasteiger charge is 2.38. The number of amides is 4. The van der Waals surface area contributed by atoms with Gasteiger partial charge in [-0.3, -0.25) is 19.6 Å². The molecule has 4 amide bonds. The van der Waals surface area contributed by atoms with Crippen LogP contribution in [0.5, 0.6) is 0 Å². The van der Waals surface area contributed by atoms with Crippen molar-refractivity contribution < 1.29 is 29.0 Å². The normalized spacial score (nSPS) is 17.9. The second kappa shape index (κ2) is 16.2. The van der Waals surface area contributed by atoms with E-state index in [1.165, 1.54) is 7.11 Å². The standard InChI is InChI=1S/C40H46N10O6/c1-5-26(47-40(55)56-4)37(51)49-16-7-9-33(49)36-44-27-15-14-25(18-28(27)45-36)30-20-41-29(19-42-30)23-10-12-24(13-11-23)31-21-43-35(46-31)32-8-6-17-50(32)38(52)34(22(2)3)48-39(53)54/h10-15,18-22,26,32-34,48H,5-9,16-17H2,1-4H3,(H,43,46)(H,44,45)(H,47,55)(H,53,54)/t26-,32-,33-,34-/m0/s1. The number of likely N-dealkylation sites (tertiary alicyclic amines) is 2. The van der Waals surface area contributed by atoms with Crippen molar-refractivity contribution in [2.24, 2.45) is 5.92 Å². The molecule has 7 rings (SSSR count). The molecule has 3 aromatic heterocycles. The Morgan fingerprint density at radius 1 is 0.839 bits per heavy atom. The lowest BCUT2D eigenvalue weighted by Gasteiger charge is -2.29. The van der Waals surface area contributed by atoms with E-state index in [0.29, 0.717) is 42.5 Å². The van der Waals surface area contributed by atoms with Crippen LogP contribution in [-0.4, -0.2) is 101 Å². The van der Waals surface area contributed by atoms with E-state index in [4.69, 9.17) is 24.7 Å². The van der Waals surface area contributed by atoms with Crippen LogP contribution >= 0.6 is 0 Å². The largest absolute Gasteiger partial charge is 0.465 e. The number of imidazole rings is 2. The van der Waals surface area contributed by atoms with E-state index in [-0.39, 0.29) is 29.8 Å². The van der Waals surface area contributed by atoms with Crippen LogP contribution in [0.1, 0.15) is 76.6 Å². The van der Waals surface area contributed by atoms with E-state index in [9.17, 15) is 24.3 Å². The molecule has 5 aromatic rings. The first-order valence-electron chi connectivity index (χ1n) is 19.0. The minimum atomic E-state index is -1.22. The van der Waals surface area contributed by atoms with Gasteiger partial charge in [-0.05, 0) is 50.2 Å². The van der Waals surface area contributed by atoms with Crippen LogP contribution < -0.4 is 10.6 Å². The average Bonchev–Trinajstić information content (AvgIpc) is 4.04. The maximum Gasteiger partial charge on any atom is 0.407 e. The van der Waals surface area contributed by atoms with Crippen molar-refractivity contribution in [1.82, 2.24) is 50.3 Å². The van der Waals surface area contributed by atoms with Crippen LogP contribution in [0.4, 0.5) is 9.59 Å². The van der Waals surface area contributed by atoms with E-state index in [0.717, 1.165) is 59.1 Å². The lowest BCUT2D eigenvalue weighted by molar-refractivity contribution is -0.135. The number of carboxylic acid groups (broad SMARTS) is 1. The van der Waals surface area contributed by atoms with Crippen LogP contribution in [0, 0.1) is 5.92 Å². The number of carbonyl (C=O) groups is 4. The van der Waals surface area contributed by atoms with Crippen LogP contribution in [0.25, 0.3) is 44.8 Å². The Bertz CT molecular complexity index is 2220. The highest BCUT2D eigenvalue weighted by Crippen LogP contribution is 2.35. The number of rotatable bonds is 11. The first-order valence-corrected chi connectivity index (χ1v) is 19.0. The van der Waals surface area contributed by atoms with Crippen LogP contribution in [0.2, 0.25) is 0 Å². The van der Waals surface area contributed by atoms with Crippen molar-refractivity contribution in [2.45, 2.75) is 77.0 Å². The minimum Gasteiger partial charge on any atom is -0.465 e. The topological polar surface area (TPSA) is 211 Å². The van der Waals surface area contributed by atoms with Crippen molar-refractivity contribution in [3.05, 3.63) is 72.7 Å². The molecule has 16 heteroatoms. The Kier molecular flexibility index (Phi) is 11.0. The summed E-state index contributed by atoms with van der Waals surface area (Å²) in [5.74, 6) is 0.782. The molecule has 2 fully saturated rings. The summed E-state index contributed by atoms with van der Waals surface area (Å²) in [6, 6.07) is 11.7. The predicted octanol–water partition coefficient (Wildman–Crippen LogP) is 5.83. The molecular weight excluding hydrogens is 717 g/mol. The minimum absolute atomic E-state index is 0.155. The van der Waals surface area contributed by atoms with Crippen molar-refractivity contribution in [3.63, 3.8) is 0 Å². The molecule has 16 nitrogen and oxygen atoms in total. The number of hydrogen-bond donors (Lipinski definition) is 5. The quantitative estimate of drug-likeness (QED) is 0.109. The fraction of sp³-hybridized carbons (Fsp3) is 0.400. The molecule has 292 valence electrons. The lowest BCUT2D eigenvalue weighted by atomic mass is 10.0. The maximum absolute atomic E-state index is 13.4. The summed E-state index contributed by atoms with van der Waals surface area (Å²) in [7, 11) is 1.28. The first-order chi connectivity index (χ1) is 27.0. The lowest BCUT2D eigenvalue weighted by Crippen LogP contribution is -2.50. The van der Waals surface area contributed by atoms with Crippen molar-refractivity contribution >= 4 is 35.0 Å². The second-order valence-corrected chi connectivity index (χ2v) is 14.5. The van der Waals surface area contributed by atoms with Gasteiger partial charge < -0.3 is 40.2 Å². The first kappa shape index (κ1) is 38.0. The summed E-state index contributed by atoms with van der Waals surface area (Å²) < 4.78 is 4.71. The molecule has 0 saturated carbocycles. The predicted molar refractivity (Wildman–Crippen MR) is 207 cm³/mol. The summed E-state index contributed by atoms with van der Waals surface area (Å²) in [6.07, 6.45) is 7.03. The number of nitrogens with one attached hydrogen (secondary N) is 4. The number of methoxy groups -OCH3 is 1. The van der Waals surface area contributed by atoms with E-state index >= 15 is 0 Å². The molecule has 0 bridgehead atoms. The number of benzene rings is 2. The Balaban J connectivity index is 1.02. The Hall–Kier alpha value is -6.32. The maximum atomic E-state index is 13.4. The summed E-state index contributed by atoms with van der Waals surface area (Å²) >= 11 is 0. The molecule has 2 aromatic carbocycles. The summed E-state index contributed by atoms with van der Waals surface area (Å²) in [5.41, 5.74) is 6.39. The molecule has 5 N–H and O–H groups in total. The van der Waals surface area contributed by atoms with Crippen molar-refractivity contribution in [2.75, 3.05) is 20.2 Å². The van der Waals surface area contributed by atoms with Gasteiger partial charge in [-0.15, -0.1) is 0 Å². The molecule has 0 radical (unpaired) electrons. The Labute approximate surface area is 323 Å². The van der Waals surface area contributed by atoms with Gasteiger partial charge in [0.25, 0.3) is 0 Å². The van der Waals surface area contributed by atoms with Crippen LogP contribution in [-0.2, 0) is 14.3 Å². The molecule has 5 heterocycles. The van der Waals surface area contributed by atoms with E-state index in [1.807, 2.05) is 69.4 Å². The zero-order valence-corrected chi connectivity index (χ0v) is 31.8. The fourth-order valence-electron chi connectivity index (χ4n) is 7.63. The number of nitrogens with zero attached hydrogens (tertiary/aromatic N) is 6. The van der Waals surface area contributed by atoms with Gasteiger partial charge in [0.05, 0.1) is 59.7 Å². The number of H-pyrrole nitrogens is 2. The third-order valence-corrected chi connectivity index (χ3v) is 10.6. The van der Waals surface area contributed by atoms with Crippen molar-refractivity contribution in [3.8, 4) is 33.8 Å². The molecule has 4 atom stereocenters. The van der Waals surface area contributed by atoms with E-state index in [1.54, 1.807) is 22.2 Å². The number of carbonyl (C=O) groups excluding carboxylic acids is 3. The van der Waals surface area contributed by atoms with Gasteiger partial charge in [-0.1, -0.05) is 51.1 Å². The Morgan fingerprint density at radius 2 is 1.45 bits per heavy atom. The summed E-state index contributed by atoms with van der Waals surface area (Å²) in [5, 5.41) is 14.3. The fourth-order valence-corrected chi connectivity index (χ4v) is 7.63. The van der Waals surface area contributed by atoms with Crippen LogP contribution in [0.15, 0.2) is 61.1 Å². The van der Waals surface area contributed by atoms with E-state index in [2.05, 4.69) is 20.6 Å². The second-order valence-electron chi connectivity index (χ2n) is 14.5. The zero-order chi connectivity index (χ0) is 39.5.